The van der Waals surface area contributed by atoms with Gasteiger partial charge in [-0.1, -0.05) is 12.1 Å². The van der Waals surface area contributed by atoms with E-state index in [4.69, 9.17) is 11.1 Å². The number of halogens is 4. The van der Waals surface area contributed by atoms with Gasteiger partial charge in [-0.05, 0) is 23.8 Å². The van der Waals surface area contributed by atoms with Gasteiger partial charge in [0.05, 0.1) is 12.1 Å². The predicted molar refractivity (Wildman–Crippen MR) is 96.1 cm³/mol. The van der Waals surface area contributed by atoms with E-state index in [1.54, 1.807) is 0 Å². The van der Waals surface area contributed by atoms with E-state index in [1.807, 2.05) is 0 Å². The van der Waals surface area contributed by atoms with E-state index in [2.05, 4.69) is 4.98 Å². The van der Waals surface area contributed by atoms with Gasteiger partial charge in [0.2, 0.25) is 10.0 Å². The molecule has 7 nitrogen and oxygen atoms in total. The molecular weight excluding hydrogens is 428 g/mol. The molecule has 30 heavy (non-hydrogen) atoms. The molecule has 2 unspecified atom stereocenters. The summed E-state index contributed by atoms with van der Waals surface area (Å²) in [6.07, 6.45) is -5.09. The number of nitrogens with two attached hydrogens (primary N) is 1. The summed E-state index contributed by atoms with van der Waals surface area (Å²) >= 11 is 0. The van der Waals surface area contributed by atoms with Gasteiger partial charge in [0.1, 0.15) is 22.5 Å². The van der Waals surface area contributed by atoms with Crippen LogP contribution < -0.4 is 5.73 Å². The number of aromatic nitrogens is 1. The molecule has 0 saturated heterocycles. The van der Waals surface area contributed by atoms with Gasteiger partial charge in [0.25, 0.3) is 0 Å². The van der Waals surface area contributed by atoms with Crippen LogP contribution in [-0.4, -0.2) is 35.1 Å². The lowest BCUT2D eigenvalue weighted by Gasteiger charge is -2.37. The van der Waals surface area contributed by atoms with E-state index in [1.165, 1.54) is 12.1 Å². The van der Waals surface area contributed by atoms with Gasteiger partial charge < -0.3 is 16.2 Å². The number of aliphatic hydroxyl groups is 1. The second kappa shape index (κ2) is 6.59. The molecule has 1 aromatic carbocycles. The Hall–Kier alpha value is -2.83. The van der Waals surface area contributed by atoms with Gasteiger partial charge >= 0.3 is 6.18 Å². The molecule has 0 amide bonds. The Labute approximate surface area is 168 Å². The van der Waals surface area contributed by atoms with E-state index in [-0.39, 0.29) is 22.4 Å². The number of benzene rings is 1. The lowest BCUT2D eigenvalue weighted by molar-refractivity contribution is -0.141. The summed E-state index contributed by atoms with van der Waals surface area (Å²) in [4.78, 5) is 2.60. The molecule has 1 aromatic heterocycles. The molecule has 12 heteroatoms. The van der Waals surface area contributed by atoms with Gasteiger partial charge in [-0.2, -0.15) is 17.5 Å². The maximum Gasteiger partial charge on any atom is 0.433 e. The van der Waals surface area contributed by atoms with Crippen LogP contribution in [0.1, 0.15) is 28.9 Å². The minimum Gasteiger partial charge on any atom is -0.400 e. The fourth-order valence-corrected chi connectivity index (χ4v) is 5.60. The van der Waals surface area contributed by atoms with Crippen LogP contribution in [0.3, 0.4) is 0 Å². The third-order valence-electron chi connectivity index (χ3n) is 5.21. The number of nitrogens with one attached hydrogen (secondary N) is 1. The van der Waals surface area contributed by atoms with Gasteiger partial charge in [0, 0.05) is 29.2 Å². The highest BCUT2D eigenvalue weighted by atomic mass is 32.2. The molecule has 0 fully saturated rings. The van der Waals surface area contributed by atoms with Crippen molar-refractivity contribution < 1.29 is 31.1 Å². The van der Waals surface area contributed by atoms with Crippen molar-refractivity contribution in [3.63, 3.8) is 0 Å². The molecule has 3 atom stereocenters. The van der Waals surface area contributed by atoms with Crippen molar-refractivity contribution in [3.05, 3.63) is 70.4 Å². The normalized spacial score (nSPS) is 24.1. The Morgan fingerprint density at radius 1 is 1.23 bits per heavy atom. The Bertz CT molecular complexity index is 1180. The molecule has 2 bridgehead atoms. The van der Waals surface area contributed by atoms with Crippen molar-refractivity contribution in [2.45, 2.75) is 29.3 Å². The summed E-state index contributed by atoms with van der Waals surface area (Å²) < 4.78 is 80.4. The summed E-state index contributed by atoms with van der Waals surface area (Å²) in [6, 6.07) is 2.50. The van der Waals surface area contributed by atoms with Crippen molar-refractivity contribution in [1.29, 1.82) is 5.41 Å². The van der Waals surface area contributed by atoms with E-state index >= 15 is 0 Å². The summed E-state index contributed by atoms with van der Waals surface area (Å²) in [5, 5.41) is 18.3. The number of rotatable bonds is 3. The number of hydrogen-bond donors (Lipinski definition) is 3. The quantitative estimate of drug-likeness (QED) is 0.498. The molecule has 2 aromatic rings. The maximum atomic E-state index is 14.6. The summed E-state index contributed by atoms with van der Waals surface area (Å²) in [7, 11) is -4.56. The molecule has 4 N–H and O–H groups in total. The van der Waals surface area contributed by atoms with Crippen LogP contribution in [0.25, 0.3) is 0 Å². The van der Waals surface area contributed by atoms with Crippen molar-refractivity contribution in [1.82, 2.24) is 9.29 Å². The molecular formula is C18H14F4N4O3S. The minimum absolute atomic E-state index is 0.0495. The van der Waals surface area contributed by atoms with Crippen LogP contribution in [0, 0.1) is 11.2 Å². The number of alkyl halides is 3. The fraction of sp³-hybridized carbons (Fsp3) is 0.222. The second-order valence-corrected chi connectivity index (χ2v) is 8.65. The minimum atomic E-state index is -4.76. The number of sulfonamides is 1. The first-order chi connectivity index (χ1) is 14.0. The van der Waals surface area contributed by atoms with Crippen molar-refractivity contribution >= 4 is 16.2 Å². The average Bonchev–Trinajstić information content (AvgIpc) is 3.00. The largest absolute Gasteiger partial charge is 0.433 e. The van der Waals surface area contributed by atoms with Crippen molar-refractivity contribution in [2.24, 2.45) is 5.73 Å². The van der Waals surface area contributed by atoms with Gasteiger partial charge in [-0.3, -0.25) is 4.98 Å². The smallest absolute Gasteiger partial charge is 0.400 e. The fourth-order valence-electron chi connectivity index (χ4n) is 3.90. The highest BCUT2D eigenvalue weighted by molar-refractivity contribution is 7.89. The lowest BCUT2D eigenvalue weighted by atomic mass is 9.97. The zero-order chi connectivity index (χ0) is 22.0. The molecule has 0 aliphatic carbocycles. The number of fused-ring (bicyclic) bond motifs is 5. The first-order valence-electron chi connectivity index (χ1n) is 8.53. The SMILES string of the molecule is N=CC1=C(N)[C@H](O)C2c3c(F)cccc3C1N2S(=O)(=O)c1ccc(C(F)(F)F)nc1. The summed E-state index contributed by atoms with van der Waals surface area (Å²) in [5.74, 6) is -0.774. The van der Waals surface area contributed by atoms with Gasteiger partial charge in [-0.15, -0.1) is 0 Å². The van der Waals surface area contributed by atoms with Crippen LogP contribution >= 0.6 is 0 Å². The number of nitrogens with zero attached hydrogens (tertiary/aromatic N) is 2. The van der Waals surface area contributed by atoms with Crippen LogP contribution in [0.4, 0.5) is 17.6 Å². The number of aliphatic hydroxyl groups excluding tert-OH is 1. The van der Waals surface area contributed by atoms with E-state index < -0.39 is 50.8 Å². The van der Waals surface area contributed by atoms with E-state index in [0.717, 1.165) is 22.7 Å². The van der Waals surface area contributed by atoms with Crippen molar-refractivity contribution in [3.8, 4) is 0 Å². The van der Waals surface area contributed by atoms with Gasteiger partial charge in [0.15, 0.2) is 0 Å². The lowest BCUT2D eigenvalue weighted by Crippen LogP contribution is -2.45. The molecule has 0 saturated carbocycles. The standard InChI is InChI=1S/C18H14F4N4O3S/c19-11-3-1-2-9-13(11)16-17(27)14(24)10(6-23)15(9)26(16)30(28,29)8-4-5-12(25-7-8)18(20,21)22/h1-7,15-17,23,27H,24H2/t15?,16?,17-/m0/s1. The zero-order valence-electron chi connectivity index (χ0n) is 14.9. The third-order valence-corrected chi connectivity index (χ3v) is 7.04. The molecule has 2 aliphatic rings. The Morgan fingerprint density at radius 2 is 1.93 bits per heavy atom. The third kappa shape index (κ3) is 2.75. The second-order valence-electron chi connectivity index (χ2n) is 6.80. The average molecular weight is 442 g/mol. The molecule has 2 aliphatic heterocycles. The van der Waals surface area contributed by atoms with Crippen LogP contribution in [0.2, 0.25) is 0 Å². The molecule has 0 radical (unpaired) electrons. The maximum absolute atomic E-state index is 14.6. The number of pyridine rings is 1. The Kier molecular flexibility index (Phi) is 4.49. The van der Waals surface area contributed by atoms with Crippen LogP contribution in [0.5, 0.6) is 0 Å². The van der Waals surface area contributed by atoms with E-state index in [0.29, 0.717) is 12.3 Å². The first-order valence-corrected chi connectivity index (χ1v) is 9.97. The highest BCUT2D eigenvalue weighted by Gasteiger charge is 2.55. The summed E-state index contributed by atoms with van der Waals surface area (Å²) in [6.45, 7) is 0. The predicted octanol–water partition coefficient (Wildman–Crippen LogP) is 2.26. The van der Waals surface area contributed by atoms with Crippen LogP contribution in [0.15, 0.2) is 52.7 Å². The topological polar surface area (TPSA) is 120 Å². The van der Waals surface area contributed by atoms with Crippen LogP contribution in [-0.2, 0) is 16.2 Å². The Morgan fingerprint density at radius 3 is 2.50 bits per heavy atom. The Balaban J connectivity index is 1.91. The highest BCUT2D eigenvalue weighted by Crippen LogP contribution is 2.54. The molecule has 4 rings (SSSR count). The first kappa shape index (κ1) is 20.4. The zero-order valence-corrected chi connectivity index (χ0v) is 15.7. The summed E-state index contributed by atoms with van der Waals surface area (Å²) in [5.41, 5.74) is 4.49. The van der Waals surface area contributed by atoms with Gasteiger partial charge in [-0.25, -0.2) is 12.8 Å². The molecule has 3 heterocycles. The monoisotopic (exact) mass is 442 g/mol. The number of hydrogen-bond acceptors (Lipinski definition) is 6. The molecule has 0 spiro atoms. The van der Waals surface area contributed by atoms with Crippen molar-refractivity contribution in [2.75, 3.05) is 0 Å². The van der Waals surface area contributed by atoms with E-state index in [9.17, 15) is 31.1 Å². The molecule has 158 valence electrons.